The molecule has 2 aromatic carbocycles. The maximum absolute atomic E-state index is 12.4. The van der Waals surface area contributed by atoms with Gasteiger partial charge >= 0.3 is 0 Å². The Morgan fingerprint density at radius 3 is 2.46 bits per heavy atom. The predicted octanol–water partition coefficient (Wildman–Crippen LogP) is 4.62. The van der Waals surface area contributed by atoms with E-state index in [0.29, 0.717) is 11.5 Å². The maximum atomic E-state index is 12.4. The van der Waals surface area contributed by atoms with Gasteiger partial charge in [0, 0.05) is 0 Å². The SMILES string of the molecule is C/C=C/c1ccc(OCC(=O)NC(c2ccccc2)C(C)C)c(OC)c1. The number of amides is 1. The van der Waals surface area contributed by atoms with Crippen molar-refractivity contribution in [2.75, 3.05) is 13.7 Å². The molecular weight excluding hydrogens is 326 g/mol. The number of rotatable bonds is 8. The Balaban J connectivity index is 2.01. The van der Waals surface area contributed by atoms with Crippen molar-refractivity contribution in [3.05, 3.63) is 65.7 Å². The van der Waals surface area contributed by atoms with Gasteiger partial charge in [-0.3, -0.25) is 4.79 Å². The lowest BCUT2D eigenvalue weighted by Gasteiger charge is -2.23. The number of benzene rings is 2. The minimum atomic E-state index is -0.160. The van der Waals surface area contributed by atoms with Crippen LogP contribution in [0, 0.1) is 5.92 Å². The molecule has 0 saturated heterocycles. The summed E-state index contributed by atoms with van der Waals surface area (Å²) in [5, 5.41) is 3.06. The number of methoxy groups -OCH3 is 1. The number of hydrogen-bond donors (Lipinski definition) is 1. The molecule has 0 heterocycles. The molecule has 0 aliphatic rings. The van der Waals surface area contributed by atoms with E-state index in [-0.39, 0.29) is 24.5 Å². The van der Waals surface area contributed by atoms with Gasteiger partial charge in [0.15, 0.2) is 18.1 Å². The van der Waals surface area contributed by atoms with Crippen LogP contribution < -0.4 is 14.8 Å². The molecular formula is C22H27NO3. The Labute approximate surface area is 155 Å². The van der Waals surface area contributed by atoms with Crippen LogP contribution in [0.1, 0.15) is 37.9 Å². The Morgan fingerprint density at radius 1 is 1.12 bits per heavy atom. The van der Waals surface area contributed by atoms with Crippen LogP contribution in [-0.2, 0) is 4.79 Å². The van der Waals surface area contributed by atoms with Gasteiger partial charge in [0.2, 0.25) is 0 Å². The van der Waals surface area contributed by atoms with Gasteiger partial charge in [0.1, 0.15) is 0 Å². The summed E-state index contributed by atoms with van der Waals surface area (Å²) in [6, 6.07) is 15.5. The average Bonchev–Trinajstić information content (AvgIpc) is 2.65. The van der Waals surface area contributed by atoms with Crippen LogP contribution >= 0.6 is 0 Å². The van der Waals surface area contributed by atoms with Crippen LogP contribution in [0.2, 0.25) is 0 Å². The Kier molecular flexibility index (Phi) is 7.27. The highest BCUT2D eigenvalue weighted by molar-refractivity contribution is 5.78. The smallest absolute Gasteiger partial charge is 0.258 e. The van der Waals surface area contributed by atoms with Crippen molar-refractivity contribution in [2.24, 2.45) is 5.92 Å². The van der Waals surface area contributed by atoms with Gasteiger partial charge in [-0.2, -0.15) is 0 Å². The van der Waals surface area contributed by atoms with E-state index in [4.69, 9.17) is 9.47 Å². The minimum Gasteiger partial charge on any atom is -0.493 e. The molecule has 2 rings (SSSR count). The second-order valence-electron chi connectivity index (χ2n) is 6.40. The van der Waals surface area contributed by atoms with Crippen molar-refractivity contribution in [1.29, 1.82) is 0 Å². The first kappa shape index (κ1) is 19.6. The van der Waals surface area contributed by atoms with E-state index in [1.54, 1.807) is 7.11 Å². The van der Waals surface area contributed by atoms with Crippen LogP contribution in [0.5, 0.6) is 11.5 Å². The van der Waals surface area contributed by atoms with Crippen LogP contribution in [0.25, 0.3) is 6.08 Å². The van der Waals surface area contributed by atoms with Crippen molar-refractivity contribution in [3.8, 4) is 11.5 Å². The fraction of sp³-hybridized carbons (Fsp3) is 0.318. The first-order valence-electron chi connectivity index (χ1n) is 8.83. The minimum absolute atomic E-state index is 0.0498. The number of allylic oxidation sites excluding steroid dienone is 1. The molecule has 1 amide bonds. The molecule has 138 valence electrons. The number of hydrogen-bond acceptors (Lipinski definition) is 3. The fourth-order valence-electron chi connectivity index (χ4n) is 2.75. The molecule has 0 bridgehead atoms. The molecule has 0 fully saturated rings. The summed E-state index contributed by atoms with van der Waals surface area (Å²) in [5.41, 5.74) is 2.11. The van der Waals surface area contributed by atoms with Gasteiger partial charge in [0.05, 0.1) is 13.2 Å². The summed E-state index contributed by atoms with van der Waals surface area (Å²) in [5.74, 6) is 1.27. The highest BCUT2D eigenvalue weighted by Gasteiger charge is 2.18. The van der Waals surface area contributed by atoms with Crippen molar-refractivity contribution >= 4 is 12.0 Å². The molecule has 2 aromatic rings. The summed E-state index contributed by atoms with van der Waals surface area (Å²) < 4.78 is 11.0. The molecule has 0 aromatic heterocycles. The highest BCUT2D eigenvalue weighted by atomic mass is 16.5. The third-order valence-corrected chi connectivity index (χ3v) is 4.05. The zero-order valence-corrected chi connectivity index (χ0v) is 15.9. The molecule has 1 atom stereocenters. The van der Waals surface area contributed by atoms with Crippen LogP contribution in [-0.4, -0.2) is 19.6 Å². The van der Waals surface area contributed by atoms with Gasteiger partial charge in [-0.15, -0.1) is 0 Å². The maximum Gasteiger partial charge on any atom is 0.258 e. The summed E-state index contributed by atoms with van der Waals surface area (Å²) in [4.78, 5) is 12.4. The van der Waals surface area contributed by atoms with Crippen molar-refractivity contribution in [3.63, 3.8) is 0 Å². The highest BCUT2D eigenvalue weighted by Crippen LogP contribution is 2.28. The average molecular weight is 353 g/mol. The lowest BCUT2D eigenvalue weighted by Crippen LogP contribution is -2.35. The van der Waals surface area contributed by atoms with E-state index in [9.17, 15) is 4.79 Å². The third kappa shape index (κ3) is 5.38. The topological polar surface area (TPSA) is 47.6 Å². The summed E-state index contributed by atoms with van der Waals surface area (Å²) in [6.07, 6.45) is 3.94. The standard InChI is InChI=1S/C22H27NO3/c1-5-9-17-12-13-19(20(14-17)25-4)26-15-21(24)23-22(16(2)3)18-10-7-6-8-11-18/h5-14,16,22H,15H2,1-4H3,(H,23,24)/b9-5+. The molecule has 26 heavy (non-hydrogen) atoms. The quantitative estimate of drug-likeness (QED) is 0.753. The van der Waals surface area contributed by atoms with E-state index < -0.39 is 0 Å². The van der Waals surface area contributed by atoms with Crippen LogP contribution in [0.15, 0.2) is 54.6 Å². The number of carbonyl (C=O) groups is 1. The number of ether oxygens (including phenoxy) is 2. The van der Waals surface area contributed by atoms with Crippen LogP contribution in [0.4, 0.5) is 0 Å². The van der Waals surface area contributed by atoms with Gasteiger partial charge in [0.25, 0.3) is 5.91 Å². The summed E-state index contributed by atoms with van der Waals surface area (Å²) in [7, 11) is 1.59. The summed E-state index contributed by atoms with van der Waals surface area (Å²) >= 11 is 0. The Bertz CT molecular complexity index is 738. The largest absolute Gasteiger partial charge is 0.493 e. The molecule has 0 aliphatic carbocycles. The molecule has 0 radical (unpaired) electrons. The number of carbonyl (C=O) groups excluding carboxylic acids is 1. The van der Waals surface area contributed by atoms with E-state index in [0.717, 1.165) is 11.1 Å². The normalized spacial score (nSPS) is 12.2. The van der Waals surface area contributed by atoms with E-state index in [2.05, 4.69) is 19.2 Å². The first-order valence-corrected chi connectivity index (χ1v) is 8.83. The second kappa shape index (κ2) is 9.66. The van der Waals surface area contributed by atoms with Crippen LogP contribution in [0.3, 0.4) is 0 Å². The number of nitrogens with one attached hydrogen (secondary N) is 1. The van der Waals surface area contributed by atoms with Gasteiger partial charge < -0.3 is 14.8 Å². The predicted molar refractivity (Wildman–Crippen MR) is 105 cm³/mol. The first-order chi connectivity index (χ1) is 12.5. The molecule has 1 N–H and O–H groups in total. The molecule has 4 heteroatoms. The zero-order chi connectivity index (χ0) is 18.9. The fourth-order valence-corrected chi connectivity index (χ4v) is 2.75. The van der Waals surface area contributed by atoms with E-state index >= 15 is 0 Å². The molecule has 0 spiro atoms. The van der Waals surface area contributed by atoms with E-state index in [1.807, 2.05) is 67.6 Å². The van der Waals surface area contributed by atoms with Gasteiger partial charge in [-0.1, -0.05) is 62.4 Å². The molecule has 4 nitrogen and oxygen atoms in total. The van der Waals surface area contributed by atoms with Crippen molar-refractivity contribution in [2.45, 2.75) is 26.8 Å². The Morgan fingerprint density at radius 2 is 1.85 bits per heavy atom. The second-order valence-corrected chi connectivity index (χ2v) is 6.40. The molecule has 1 unspecified atom stereocenters. The van der Waals surface area contributed by atoms with Gasteiger partial charge in [-0.05, 0) is 36.1 Å². The lowest BCUT2D eigenvalue weighted by atomic mass is 9.96. The molecule has 0 aliphatic heterocycles. The lowest BCUT2D eigenvalue weighted by molar-refractivity contribution is -0.124. The monoisotopic (exact) mass is 353 g/mol. The van der Waals surface area contributed by atoms with Crippen molar-refractivity contribution in [1.82, 2.24) is 5.32 Å². The van der Waals surface area contributed by atoms with Gasteiger partial charge in [-0.25, -0.2) is 0 Å². The summed E-state index contributed by atoms with van der Waals surface area (Å²) in [6.45, 7) is 6.07. The molecule has 0 saturated carbocycles. The van der Waals surface area contributed by atoms with Crippen molar-refractivity contribution < 1.29 is 14.3 Å². The Hall–Kier alpha value is -2.75. The zero-order valence-electron chi connectivity index (χ0n) is 15.9. The van der Waals surface area contributed by atoms with E-state index in [1.165, 1.54) is 0 Å². The third-order valence-electron chi connectivity index (χ3n) is 4.05.